The quantitative estimate of drug-likeness (QED) is 0.0749. The number of nitrogens with two attached hydrogens (primary N) is 1. The molecule has 1 unspecified atom stereocenters. The Morgan fingerprint density at radius 2 is 1.45 bits per heavy atom. The van der Waals surface area contributed by atoms with E-state index in [0.717, 1.165) is 13.1 Å². The normalized spacial score (nSPS) is 17.9. The Hall–Kier alpha value is -5.77. The number of rotatable bonds is 8. The summed E-state index contributed by atoms with van der Waals surface area (Å²) in [7, 11) is -4.69. The molecule has 0 bridgehead atoms. The number of piperazine rings is 1. The molecule has 1 aliphatic heterocycles. The minimum Gasteiger partial charge on any atom is -0.480 e. The molecular weight excluding hydrogens is 650 g/mol. The van der Waals surface area contributed by atoms with Gasteiger partial charge >= 0.3 is 11.9 Å². The Morgan fingerprint density at radius 1 is 0.816 bits per heavy atom. The number of carboxylic acid groups (broad SMARTS) is 2. The molecule has 0 aromatic heterocycles. The highest BCUT2D eigenvalue weighted by molar-refractivity contribution is 7.86. The number of hydrogen-bond acceptors (Lipinski definition) is 11. The van der Waals surface area contributed by atoms with E-state index in [0.29, 0.717) is 57.7 Å². The van der Waals surface area contributed by atoms with Crippen molar-refractivity contribution < 1.29 is 32.8 Å². The van der Waals surface area contributed by atoms with Crippen LogP contribution in [-0.2, 0) is 14.9 Å². The molecule has 4 aromatic carbocycles. The fraction of sp³-hybridized carbons (Fsp3) is 0.176. The van der Waals surface area contributed by atoms with Crippen molar-refractivity contribution in [2.24, 2.45) is 25.9 Å². The highest BCUT2D eigenvalue weighted by Crippen LogP contribution is 2.40. The number of nitrogens with one attached hydrogen (secondary N) is 1. The van der Waals surface area contributed by atoms with Crippen LogP contribution in [0.4, 0.5) is 34.1 Å². The smallest absolute Gasteiger partial charge is 0.337 e. The zero-order valence-electron chi connectivity index (χ0n) is 26.1. The number of azo groups is 2. The fourth-order valence-corrected chi connectivity index (χ4v) is 6.22. The van der Waals surface area contributed by atoms with E-state index in [1.54, 1.807) is 54.6 Å². The first kappa shape index (κ1) is 33.1. The van der Waals surface area contributed by atoms with Crippen LogP contribution in [0.15, 0.2) is 98.2 Å². The van der Waals surface area contributed by atoms with Crippen molar-refractivity contribution in [2.45, 2.75) is 11.8 Å². The van der Waals surface area contributed by atoms with Crippen molar-refractivity contribution >= 4 is 79.1 Å². The second-order valence-electron chi connectivity index (χ2n) is 11.7. The molecule has 1 saturated heterocycles. The van der Waals surface area contributed by atoms with E-state index >= 15 is 0 Å². The molecule has 1 fully saturated rings. The number of nitrogens with zero attached hydrogens (tertiary/aromatic N) is 5. The van der Waals surface area contributed by atoms with Gasteiger partial charge in [-0.15, -0.1) is 15.3 Å². The van der Waals surface area contributed by atoms with E-state index in [9.17, 15) is 32.8 Å². The highest BCUT2D eigenvalue weighted by atomic mass is 32.2. The SMILES string of the molecule is CC1(C(=O)O)C=Cc2c(N=Nc3ccc(N4CCNCC4)c(C(=O)O)c3)ccc(N=Nc3cc4cc(N)ccc4cc3S(=O)(=O)O)c2C=C1. The number of benzene rings is 4. The number of carbonyl (C=O) groups is 2. The minimum absolute atomic E-state index is 0.0913. The number of aliphatic carboxylic acids is 1. The van der Waals surface area contributed by atoms with Crippen LogP contribution in [0.5, 0.6) is 0 Å². The molecule has 15 heteroatoms. The molecule has 0 spiro atoms. The molecule has 0 radical (unpaired) electrons. The first-order valence-corrected chi connectivity index (χ1v) is 16.5. The van der Waals surface area contributed by atoms with Gasteiger partial charge in [0.2, 0.25) is 0 Å². The van der Waals surface area contributed by atoms with Gasteiger partial charge in [0.05, 0.1) is 28.3 Å². The van der Waals surface area contributed by atoms with Gasteiger partial charge in [0.1, 0.15) is 16.0 Å². The fourth-order valence-electron chi connectivity index (χ4n) is 5.58. The number of anilines is 2. The predicted octanol–water partition coefficient (Wildman–Crippen LogP) is 6.74. The molecule has 1 atom stereocenters. The van der Waals surface area contributed by atoms with E-state index < -0.39 is 32.4 Å². The second-order valence-corrected chi connectivity index (χ2v) is 13.1. The van der Waals surface area contributed by atoms with Crippen LogP contribution >= 0.6 is 0 Å². The molecule has 1 aliphatic carbocycles. The van der Waals surface area contributed by atoms with Crippen molar-refractivity contribution in [3.05, 3.63) is 89.5 Å². The lowest BCUT2D eigenvalue weighted by molar-refractivity contribution is -0.142. The summed E-state index contributed by atoms with van der Waals surface area (Å²) in [4.78, 5) is 25.8. The Balaban J connectivity index is 1.42. The van der Waals surface area contributed by atoms with Gasteiger partial charge in [0, 0.05) is 43.0 Å². The lowest BCUT2D eigenvalue weighted by Gasteiger charge is -2.30. The Kier molecular flexibility index (Phi) is 8.81. The third-order valence-corrected chi connectivity index (χ3v) is 9.20. The summed E-state index contributed by atoms with van der Waals surface area (Å²) in [5, 5.41) is 41.4. The number of aromatic carboxylic acids is 1. The number of hydrogen-bond donors (Lipinski definition) is 5. The average molecular weight is 682 g/mol. The standard InChI is InChI=1S/C34H31N7O7S/c1-34(33(44)45)10-8-24-25(9-11-34)28(39-40-29-17-21-16-22(35)3-2-20(21)18-31(29)49(46,47)48)6-5-27(24)38-37-23-4-7-30(26(19-23)32(42)43)41-14-12-36-13-15-41/h2-11,16-19,36H,12-15,35H2,1H3,(H,42,43)(H,44,45)(H,46,47,48). The summed E-state index contributed by atoms with van der Waals surface area (Å²) in [6.07, 6.45) is 6.11. The molecule has 4 aromatic rings. The third kappa shape index (κ3) is 6.94. The van der Waals surface area contributed by atoms with Crippen LogP contribution in [0.2, 0.25) is 0 Å². The first-order valence-electron chi connectivity index (χ1n) is 15.1. The lowest BCUT2D eigenvalue weighted by atomic mass is 9.90. The first-order chi connectivity index (χ1) is 23.3. The van der Waals surface area contributed by atoms with Gasteiger partial charge in [-0.1, -0.05) is 30.4 Å². The van der Waals surface area contributed by atoms with Crippen LogP contribution in [-0.4, -0.2) is 61.3 Å². The Labute approximate surface area is 280 Å². The average Bonchev–Trinajstić information content (AvgIpc) is 3.26. The van der Waals surface area contributed by atoms with Gasteiger partial charge in [-0.25, -0.2) is 4.79 Å². The van der Waals surface area contributed by atoms with E-state index in [1.807, 2.05) is 4.90 Å². The van der Waals surface area contributed by atoms with Crippen molar-refractivity contribution in [1.82, 2.24) is 5.32 Å². The predicted molar refractivity (Wildman–Crippen MR) is 185 cm³/mol. The summed E-state index contributed by atoms with van der Waals surface area (Å²) in [6.45, 7) is 4.33. The second kappa shape index (κ2) is 13.0. The molecular formula is C34H31N7O7S. The molecule has 6 N–H and O–H groups in total. The van der Waals surface area contributed by atoms with Gasteiger partial charge in [-0.3, -0.25) is 9.35 Å². The third-order valence-electron chi connectivity index (χ3n) is 8.32. The number of fused-ring (bicyclic) bond motifs is 2. The van der Waals surface area contributed by atoms with Crippen molar-refractivity contribution in [1.29, 1.82) is 0 Å². The maximum atomic E-state index is 12.3. The van der Waals surface area contributed by atoms with Gasteiger partial charge < -0.3 is 26.2 Å². The maximum absolute atomic E-state index is 12.3. The summed E-state index contributed by atoms with van der Waals surface area (Å²) in [5.41, 5.74) is 7.24. The molecule has 0 amide bonds. The Morgan fingerprint density at radius 3 is 2.06 bits per heavy atom. The molecule has 250 valence electrons. The maximum Gasteiger partial charge on any atom is 0.337 e. The molecule has 0 saturated carbocycles. The van der Waals surface area contributed by atoms with E-state index in [4.69, 9.17) is 5.73 Å². The minimum atomic E-state index is -4.69. The van der Waals surface area contributed by atoms with Crippen LogP contribution in [0.25, 0.3) is 22.9 Å². The molecule has 14 nitrogen and oxygen atoms in total. The van der Waals surface area contributed by atoms with Gasteiger partial charge in [0.25, 0.3) is 10.1 Å². The Bertz CT molecular complexity index is 2240. The summed E-state index contributed by atoms with van der Waals surface area (Å²) >= 11 is 0. The lowest BCUT2D eigenvalue weighted by Crippen LogP contribution is -2.44. The highest BCUT2D eigenvalue weighted by Gasteiger charge is 2.29. The van der Waals surface area contributed by atoms with Gasteiger partial charge in [-0.2, -0.15) is 13.5 Å². The van der Waals surface area contributed by atoms with Crippen molar-refractivity contribution in [2.75, 3.05) is 36.8 Å². The molecule has 2 aliphatic rings. The van der Waals surface area contributed by atoms with Crippen molar-refractivity contribution in [3.8, 4) is 0 Å². The topological polar surface area (TPSA) is 220 Å². The summed E-state index contributed by atoms with van der Waals surface area (Å²) in [5.74, 6) is -2.19. The monoisotopic (exact) mass is 681 g/mol. The van der Waals surface area contributed by atoms with Crippen LogP contribution in [0.1, 0.15) is 28.4 Å². The van der Waals surface area contributed by atoms with Gasteiger partial charge in [-0.05, 0) is 72.3 Å². The summed E-state index contributed by atoms with van der Waals surface area (Å²) < 4.78 is 34.5. The van der Waals surface area contributed by atoms with Crippen LogP contribution in [0, 0.1) is 5.41 Å². The van der Waals surface area contributed by atoms with E-state index in [-0.39, 0.29) is 16.9 Å². The molecule has 6 rings (SSSR count). The largest absolute Gasteiger partial charge is 0.480 e. The van der Waals surface area contributed by atoms with E-state index in [1.165, 1.54) is 37.3 Å². The molecule has 1 heterocycles. The van der Waals surface area contributed by atoms with Crippen molar-refractivity contribution in [3.63, 3.8) is 0 Å². The zero-order chi connectivity index (χ0) is 34.9. The molecule has 49 heavy (non-hydrogen) atoms. The van der Waals surface area contributed by atoms with Gasteiger partial charge in [0.15, 0.2) is 0 Å². The number of carboxylic acids is 2. The van der Waals surface area contributed by atoms with E-state index in [2.05, 4.69) is 25.8 Å². The summed E-state index contributed by atoms with van der Waals surface area (Å²) in [6, 6.07) is 15.5. The zero-order valence-corrected chi connectivity index (χ0v) is 26.9. The van der Waals surface area contributed by atoms with Crippen LogP contribution in [0.3, 0.4) is 0 Å². The number of nitrogen functional groups attached to an aromatic ring is 1. The van der Waals surface area contributed by atoms with Crippen LogP contribution < -0.4 is 16.0 Å².